The van der Waals surface area contributed by atoms with E-state index in [4.69, 9.17) is 4.98 Å². The van der Waals surface area contributed by atoms with Gasteiger partial charge in [0.1, 0.15) is 22.2 Å². The molecule has 4 heterocycles. The summed E-state index contributed by atoms with van der Waals surface area (Å²) in [4.78, 5) is 40.7. The Labute approximate surface area is 182 Å². The van der Waals surface area contributed by atoms with Gasteiger partial charge in [-0.2, -0.15) is 0 Å². The number of rotatable bonds is 6. The van der Waals surface area contributed by atoms with Crippen LogP contribution >= 0.6 is 11.3 Å². The van der Waals surface area contributed by atoms with Gasteiger partial charge < -0.3 is 5.32 Å². The fourth-order valence-corrected chi connectivity index (χ4v) is 3.81. The normalized spacial score (nSPS) is 10.5. The van der Waals surface area contributed by atoms with Crippen molar-refractivity contribution < 1.29 is 9.59 Å². The summed E-state index contributed by atoms with van der Waals surface area (Å²) >= 11 is 1.46. The zero-order valence-electron chi connectivity index (χ0n) is 16.6. The van der Waals surface area contributed by atoms with Crippen molar-refractivity contribution in [3.8, 4) is 33.1 Å². The number of urea groups is 1. The first kappa shape index (κ1) is 20.3. The van der Waals surface area contributed by atoms with Crippen LogP contribution in [0.3, 0.4) is 0 Å². The number of anilines is 1. The van der Waals surface area contributed by atoms with Gasteiger partial charge in [-0.05, 0) is 42.8 Å². The molecule has 0 atom stereocenters. The lowest BCUT2D eigenvalue weighted by Crippen LogP contribution is -2.28. The third kappa shape index (κ3) is 4.62. The molecule has 0 aliphatic carbocycles. The number of aromatic nitrogens is 4. The quantitative estimate of drug-likeness (QED) is 0.442. The second kappa shape index (κ2) is 9.23. The van der Waals surface area contributed by atoms with E-state index < -0.39 is 0 Å². The molecule has 0 aliphatic heterocycles. The monoisotopic (exact) mass is 430 g/mol. The summed E-state index contributed by atoms with van der Waals surface area (Å²) in [5.74, 6) is 0.393. The van der Waals surface area contributed by atoms with Crippen molar-refractivity contribution in [1.29, 1.82) is 0 Å². The fourth-order valence-electron chi connectivity index (χ4n) is 2.96. The summed E-state index contributed by atoms with van der Waals surface area (Å²) in [5, 5.41) is 8.08. The average molecular weight is 430 g/mol. The van der Waals surface area contributed by atoms with E-state index in [1.165, 1.54) is 11.3 Å². The molecule has 4 rings (SSSR count). The van der Waals surface area contributed by atoms with Crippen LogP contribution in [0.4, 0.5) is 10.6 Å². The number of thiazole rings is 1. The minimum absolute atomic E-state index is 0.321. The van der Waals surface area contributed by atoms with E-state index in [0.717, 1.165) is 33.1 Å². The Morgan fingerprint density at radius 3 is 2.74 bits per heavy atom. The van der Waals surface area contributed by atoms with Gasteiger partial charge in [0.15, 0.2) is 6.29 Å². The molecular weight excluding hydrogens is 412 g/mol. The predicted molar refractivity (Wildman–Crippen MR) is 120 cm³/mol. The molecular formula is C22H18N6O2S. The second-order valence-corrected chi connectivity index (χ2v) is 7.30. The Bertz CT molecular complexity index is 1230. The maximum absolute atomic E-state index is 12.0. The van der Waals surface area contributed by atoms with Crippen LogP contribution in [-0.4, -0.2) is 38.8 Å². The van der Waals surface area contributed by atoms with Crippen LogP contribution in [0.5, 0.6) is 0 Å². The minimum atomic E-state index is -0.339. The molecule has 0 saturated heterocycles. The van der Waals surface area contributed by atoms with E-state index in [2.05, 4.69) is 25.6 Å². The van der Waals surface area contributed by atoms with Gasteiger partial charge in [-0.25, -0.2) is 14.8 Å². The van der Waals surface area contributed by atoms with E-state index in [1.54, 1.807) is 36.8 Å². The highest BCUT2D eigenvalue weighted by molar-refractivity contribution is 7.13. The van der Waals surface area contributed by atoms with Crippen LogP contribution in [0.1, 0.15) is 17.4 Å². The summed E-state index contributed by atoms with van der Waals surface area (Å²) in [6, 6.07) is 10.6. The minimum Gasteiger partial charge on any atom is -0.338 e. The topological polar surface area (TPSA) is 110 Å². The van der Waals surface area contributed by atoms with E-state index in [1.807, 2.05) is 30.5 Å². The first-order valence-corrected chi connectivity index (χ1v) is 10.4. The fraction of sp³-hybridized carbons (Fsp3) is 0.0909. The van der Waals surface area contributed by atoms with Crippen LogP contribution < -0.4 is 10.6 Å². The standard InChI is InChI=1S/C22H18N6O2S/c1-2-23-22(30)28-20-10-16(17(11-26-20)14-6-8-24-15(9-14)12-29)21-27-19(13-31-21)18-5-3-4-7-25-18/h3-13H,2H2,1H3,(H2,23,26,28,30). The number of nitrogens with zero attached hydrogens (tertiary/aromatic N) is 4. The summed E-state index contributed by atoms with van der Waals surface area (Å²) < 4.78 is 0. The van der Waals surface area contributed by atoms with Crippen molar-refractivity contribution in [3.05, 3.63) is 66.1 Å². The zero-order valence-corrected chi connectivity index (χ0v) is 17.4. The van der Waals surface area contributed by atoms with Crippen LogP contribution in [0.15, 0.2) is 60.4 Å². The summed E-state index contributed by atoms with van der Waals surface area (Å²) in [6.45, 7) is 2.34. The lowest BCUT2D eigenvalue weighted by molar-refractivity contribution is 0.111. The van der Waals surface area contributed by atoms with Crippen LogP contribution in [0, 0.1) is 0 Å². The van der Waals surface area contributed by atoms with E-state index in [-0.39, 0.29) is 6.03 Å². The number of hydrogen-bond acceptors (Lipinski definition) is 7. The Kier molecular flexibility index (Phi) is 6.04. The molecule has 2 amide bonds. The highest BCUT2D eigenvalue weighted by Crippen LogP contribution is 2.36. The van der Waals surface area contributed by atoms with Gasteiger partial charge in [0.05, 0.1) is 5.69 Å². The highest BCUT2D eigenvalue weighted by atomic mass is 32.1. The van der Waals surface area contributed by atoms with Gasteiger partial charge in [-0.15, -0.1) is 11.3 Å². The van der Waals surface area contributed by atoms with Gasteiger partial charge in [0.2, 0.25) is 0 Å². The summed E-state index contributed by atoms with van der Waals surface area (Å²) in [7, 11) is 0. The molecule has 4 aromatic heterocycles. The van der Waals surface area contributed by atoms with Gasteiger partial charge >= 0.3 is 6.03 Å². The van der Waals surface area contributed by atoms with Crippen molar-refractivity contribution in [2.45, 2.75) is 6.92 Å². The molecule has 0 fully saturated rings. The predicted octanol–water partition coefficient (Wildman–Crippen LogP) is 4.28. The average Bonchev–Trinajstić information content (AvgIpc) is 3.30. The van der Waals surface area contributed by atoms with E-state index >= 15 is 0 Å². The van der Waals surface area contributed by atoms with Crippen LogP contribution in [0.2, 0.25) is 0 Å². The Morgan fingerprint density at radius 1 is 1.06 bits per heavy atom. The third-order valence-corrected chi connectivity index (χ3v) is 5.23. The summed E-state index contributed by atoms with van der Waals surface area (Å²) in [5.41, 5.74) is 4.17. The molecule has 0 unspecified atom stereocenters. The SMILES string of the molecule is CCNC(=O)Nc1cc(-c2nc(-c3ccccn3)cs2)c(-c2ccnc(C=O)c2)cn1. The number of amides is 2. The molecule has 9 heteroatoms. The zero-order chi connectivity index (χ0) is 21.6. The van der Waals surface area contributed by atoms with Crippen molar-refractivity contribution >= 4 is 29.5 Å². The Hall–Kier alpha value is -3.98. The number of nitrogens with one attached hydrogen (secondary N) is 2. The molecule has 4 aromatic rings. The first-order valence-electron chi connectivity index (χ1n) is 9.51. The molecule has 0 aromatic carbocycles. The van der Waals surface area contributed by atoms with Crippen LogP contribution in [-0.2, 0) is 0 Å². The smallest absolute Gasteiger partial charge is 0.320 e. The van der Waals surface area contributed by atoms with Gasteiger partial charge in [-0.3, -0.25) is 20.1 Å². The highest BCUT2D eigenvalue weighted by Gasteiger charge is 2.16. The molecule has 0 bridgehead atoms. The van der Waals surface area contributed by atoms with Crippen molar-refractivity contribution in [3.63, 3.8) is 0 Å². The van der Waals surface area contributed by atoms with Crippen molar-refractivity contribution in [2.24, 2.45) is 0 Å². The number of pyridine rings is 3. The molecule has 8 nitrogen and oxygen atoms in total. The van der Waals surface area contributed by atoms with Gasteiger partial charge in [0, 0.05) is 41.6 Å². The second-order valence-electron chi connectivity index (χ2n) is 6.44. The maximum Gasteiger partial charge on any atom is 0.320 e. The van der Waals surface area contributed by atoms with Crippen molar-refractivity contribution in [2.75, 3.05) is 11.9 Å². The number of carbonyl (C=O) groups excluding carboxylic acids is 2. The maximum atomic E-state index is 12.0. The molecule has 154 valence electrons. The number of carbonyl (C=O) groups is 2. The number of hydrogen-bond donors (Lipinski definition) is 2. The van der Waals surface area contributed by atoms with E-state index in [0.29, 0.717) is 24.3 Å². The molecule has 2 N–H and O–H groups in total. The molecule has 0 saturated carbocycles. The Balaban J connectivity index is 1.80. The molecule has 0 aliphatic rings. The molecule has 0 radical (unpaired) electrons. The van der Waals surface area contributed by atoms with E-state index in [9.17, 15) is 9.59 Å². The largest absolute Gasteiger partial charge is 0.338 e. The lowest BCUT2D eigenvalue weighted by atomic mass is 10.0. The number of aldehydes is 1. The van der Waals surface area contributed by atoms with Gasteiger partial charge in [-0.1, -0.05) is 6.07 Å². The summed E-state index contributed by atoms with van der Waals surface area (Å²) in [6.07, 6.45) is 5.65. The molecule has 31 heavy (non-hydrogen) atoms. The molecule has 0 spiro atoms. The Morgan fingerprint density at radius 2 is 1.97 bits per heavy atom. The van der Waals surface area contributed by atoms with Gasteiger partial charge in [0.25, 0.3) is 0 Å². The van der Waals surface area contributed by atoms with Crippen molar-refractivity contribution in [1.82, 2.24) is 25.3 Å². The van der Waals surface area contributed by atoms with Crippen LogP contribution in [0.25, 0.3) is 33.1 Å². The lowest BCUT2D eigenvalue weighted by Gasteiger charge is -2.11. The third-order valence-electron chi connectivity index (χ3n) is 4.36. The first-order chi connectivity index (χ1) is 15.2.